The van der Waals surface area contributed by atoms with E-state index in [4.69, 9.17) is 23.8 Å². The first-order valence-electron chi connectivity index (χ1n) is 4.61. The van der Waals surface area contributed by atoms with Gasteiger partial charge in [0, 0.05) is 28.6 Å². The third-order valence-corrected chi connectivity index (χ3v) is 2.86. The molecule has 1 N–H and O–H groups in total. The van der Waals surface area contributed by atoms with E-state index in [1.807, 2.05) is 30.5 Å². The van der Waals surface area contributed by atoms with Crippen LogP contribution >= 0.6 is 23.8 Å². The second-order valence-electron chi connectivity index (χ2n) is 3.38. The zero-order chi connectivity index (χ0) is 10.8. The minimum Gasteiger partial charge on any atom is -0.361 e. The van der Waals surface area contributed by atoms with E-state index in [-0.39, 0.29) is 0 Å². The van der Waals surface area contributed by atoms with Crippen molar-refractivity contribution in [3.05, 3.63) is 52.1 Å². The molecule has 0 atom stereocenters. The number of allylic oxidation sites excluding steroid dienone is 1. The second kappa shape index (κ2) is 4.17. The highest BCUT2D eigenvalue weighted by molar-refractivity contribution is 7.71. The van der Waals surface area contributed by atoms with Crippen LogP contribution in [-0.2, 0) is 6.42 Å². The number of fused-ring (bicyclic) bond motifs is 1. The SMILES string of the molecule is C=C(Cl)Cc1c[nH]c2ccccc2c1=S. The van der Waals surface area contributed by atoms with Gasteiger partial charge in [-0.1, -0.05) is 48.6 Å². The van der Waals surface area contributed by atoms with Gasteiger partial charge in [0.1, 0.15) is 0 Å². The molecule has 0 aliphatic rings. The Bertz CT molecular complexity index is 571. The van der Waals surface area contributed by atoms with E-state index in [0.29, 0.717) is 11.5 Å². The number of aromatic amines is 1. The number of nitrogens with one attached hydrogen (secondary N) is 1. The molecule has 2 rings (SSSR count). The maximum atomic E-state index is 5.78. The Morgan fingerprint density at radius 2 is 2.13 bits per heavy atom. The maximum absolute atomic E-state index is 5.78. The van der Waals surface area contributed by atoms with Crippen LogP contribution in [0.5, 0.6) is 0 Å². The van der Waals surface area contributed by atoms with E-state index >= 15 is 0 Å². The van der Waals surface area contributed by atoms with Crippen LogP contribution in [0.1, 0.15) is 5.56 Å². The Labute approximate surface area is 98.4 Å². The smallest absolute Gasteiger partial charge is 0.0520 e. The summed E-state index contributed by atoms with van der Waals surface area (Å²) in [6.07, 6.45) is 2.51. The van der Waals surface area contributed by atoms with Crippen molar-refractivity contribution in [1.82, 2.24) is 4.98 Å². The first kappa shape index (κ1) is 10.4. The zero-order valence-electron chi connectivity index (χ0n) is 8.09. The highest BCUT2D eigenvalue weighted by atomic mass is 35.5. The first-order chi connectivity index (χ1) is 7.18. The van der Waals surface area contributed by atoms with Crippen LogP contribution in [0.25, 0.3) is 10.9 Å². The molecular weight excluding hydrogens is 226 g/mol. The molecule has 2 aromatic rings. The second-order valence-corrected chi connectivity index (χ2v) is 4.33. The number of hydrogen-bond acceptors (Lipinski definition) is 1. The molecule has 0 fully saturated rings. The van der Waals surface area contributed by atoms with Gasteiger partial charge < -0.3 is 4.98 Å². The van der Waals surface area contributed by atoms with E-state index in [0.717, 1.165) is 21.0 Å². The lowest BCUT2D eigenvalue weighted by atomic mass is 10.1. The molecule has 1 aromatic heterocycles. The van der Waals surface area contributed by atoms with Crippen molar-refractivity contribution >= 4 is 34.7 Å². The highest BCUT2D eigenvalue weighted by Gasteiger charge is 2.01. The summed E-state index contributed by atoms with van der Waals surface area (Å²) in [5.74, 6) is 0. The Morgan fingerprint density at radius 3 is 2.87 bits per heavy atom. The summed E-state index contributed by atoms with van der Waals surface area (Å²) in [4.78, 5) is 3.20. The molecule has 0 unspecified atom stereocenters. The quantitative estimate of drug-likeness (QED) is 0.772. The minimum absolute atomic E-state index is 0.602. The summed E-state index contributed by atoms with van der Waals surface area (Å²) < 4.78 is 0.853. The average molecular weight is 236 g/mol. The first-order valence-corrected chi connectivity index (χ1v) is 5.39. The summed E-state index contributed by atoms with van der Waals surface area (Å²) >= 11 is 11.2. The lowest BCUT2D eigenvalue weighted by Gasteiger charge is -2.03. The van der Waals surface area contributed by atoms with E-state index in [1.165, 1.54) is 0 Å². The fraction of sp³-hybridized carbons (Fsp3) is 0.0833. The molecule has 0 radical (unpaired) electrons. The largest absolute Gasteiger partial charge is 0.361 e. The third-order valence-electron chi connectivity index (χ3n) is 2.25. The average Bonchev–Trinajstić information content (AvgIpc) is 2.22. The van der Waals surface area contributed by atoms with Gasteiger partial charge in [-0.25, -0.2) is 0 Å². The minimum atomic E-state index is 0.602. The monoisotopic (exact) mass is 235 g/mol. The van der Waals surface area contributed by atoms with Crippen LogP contribution in [0, 0.1) is 4.51 Å². The number of aromatic nitrogens is 1. The molecule has 15 heavy (non-hydrogen) atoms. The molecule has 0 aliphatic heterocycles. The van der Waals surface area contributed by atoms with Crippen molar-refractivity contribution in [2.24, 2.45) is 0 Å². The van der Waals surface area contributed by atoms with Crippen LogP contribution in [-0.4, -0.2) is 4.98 Å². The molecule has 1 aromatic carbocycles. The molecule has 1 heterocycles. The van der Waals surface area contributed by atoms with Crippen LogP contribution in [0.3, 0.4) is 0 Å². The number of halogens is 1. The number of para-hydroxylation sites is 1. The predicted molar refractivity (Wildman–Crippen MR) is 67.8 cm³/mol. The van der Waals surface area contributed by atoms with Crippen molar-refractivity contribution in [3.63, 3.8) is 0 Å². The molecule has 0 saturated carbocycles. The fourth-order valence-corrected chi connectivity index (χ4v) is 2.00. The van der Waals surface area contributed by atoms with Gasteiger partial charge in [0.2, 0.25) is 0 Å². The molecule has 0 aliphatic carbocycles. The lowest BCUT2D eigenvalue weighted by Crippen LogP contribution is -1.89. The van der Waals surface area contributed by atoms with Gasteiger partial charge >= 0.3 is 0 Å². The van der Waals surface area contributed by atoms with Gasteiger partial charge in [-0.05, 0) is 11.6 Å². The lowest BCUT2D eigenvalue weighted by molar-refractivity contribution is 1.20. The summed E-state index contributed by atoms with van der Waals surface area (Å²) in [5.41, 5.74) is 2.06. The molecule has 0 spiro atoms. The summed E-state index contributed by atoms with van der Waals surface area (Å²) in [6, 6.07) is 7.97. The van der Waals surface area contributed by atoms with Crippen molar-refractivity contribution in [1.29, 1.82) is 0 Å². The van der Waals surface area contributed by atoms with Crippen molar-refractivity contribution < 1.29 is 0 Å². The van der Waals surface area contributed by atoms with E-state index in [2.05, 4.69) is 11.6 Å². The topological polar surface area (TPSA) is 15.8 Å². The Morgan fingerprint density at radius 1 is 1.40 bits per heavy atom. The molecular formula is C12H10ClNS. The van der Waals surface area contributed by atoms with Gasteiger partial charge in [-0.3, -0.25) is 0 Å². The van der Waals surface area contributed by atoms with Gasteiger partial charge in [-0.15, -0.1) is 0 Å². The Balaban J connectivity index is 2.65. The van der Waals surface area contributed by atoms with Gasteiger partial charge in [-0.2, -0.15) is 0 Å². The Kier molecular flexibility index (Phi) is 2.89. The van der Waals surface area contributed by atoms with Crippen LogP contribution in [0.4, 0.5) is 0 Å². The number of rotatable bonds is 2. The Hall–Kier alpha value is -1.12. The molecule has 0 saturated heterocycles. The van der Waals surface area contributed by atoms with Gasteiger partial charge in [0.15, 0.2) is 0 Å². The molecule has 0 bridgehead atoms. The van der Waals surface area contributed by atoms with Crippen LogP contribution in [0.15, 0.2) is 42.1 Å². The molecule has 3 heteroatoms. The van der Waals surface area contributed by atoms with Crippen LogP contribution in [0.2, 0.25) is 0 Å². The summed E-state index contributed by atoms with van der Waals surface area (Å²) in [5, 5.41) is 1.66. The van der Waals surface area contributed by atoms with Gasteiger partial charge in [0.25, 0.3) is 0 Å². The highest BCUT2D eigenvalue weighted by Crippen LogP contribution is 2.18. The standard InChI is InChI=1S/C12H10ClNS/c1-8(13)6-9-7-14-11-5-3-2-4-10(11)12(9)15/h2-5,7H,1,6H2,(H,14,15). The molecule has 0 amide bonds. The van der Waals surface area contributed by atoms with Crippen molar-refractivity contribution in [3.8, 4) is 0 Å². The summed E-state index contributed by atoms with van der Waals surface area (Å²) in [6.45, 7) is 3.68. The number of pyridine rings is 1. The third kappa shape index (κ3) is 2.11. The molecule has 76 valence electrons. The predicted octanol–water partition coefficient (Wildman–Crippen LogP) is 4.19. The normalized spacial score (nSPS) is 10.5. The number of hydrogen-bond donors (Lipinski definition) is 1. The number of benzene rings is 1. The van der Waals surface area contributed by atoms with Gasteiger partial charge in [0.05, 0.1) is 4.51 Å². The van der Waals surface area contributed by atoms with Crippen LogP contribution < -0.4 is 0 Å². The fourth-order valence-electron chi connectivity index (χ4n) is 1.55. The molecule has 1 nitrogen and oxygen atoms in total. The summed E-state index contributed by atoms with van der Waals surface area (Å²) in [7, 11) is 0. The van der Waals surface area contributed by atoms with Crippen molar-refractivity contribution in [2.75, 3.05) is 0 Å². The maximum Gasteiger partial charge on any atom is 0.0520 e. The van der Waals surface area contributed by atoms with E-state index in [1.54, 1.807) is 0 Å². The van der Waals surface area contributed by atoms with Crippen molar-refractivity contribution in [2.45, 2.75) is 6.42 Å². The number of H-pyrrole nitrogens is 1. The zero-order valence-corrected chi connectivity index (χ0v) is 9.66. The van der Waals surface area contributed by atoms with E-state index in [9.17, 15) is 0 Å². The van der Waals surface area contributed by atoms with E-state index < -0.39 is 0 Å².